The molecule has 0 fully saturated rings. The van der Waals surface area contributed by atoms with Gasteiger partial charge in [0.15, 0.2) is 0 Å². The second-order valence-corrected chi connectivity index (χ2v) is 11.0. The van der Waals surface area contributed by atoms with E-state index in [2.05, 4.69) is 5.32 Å². The van der Waals surface area contributed by atoms with Crippen molar-refractivity contribution in [3.8, 4) is 0 Å². The van der Waals surface area contributed by atoms with E-state index in [1.807, 2.05) is 71.9 Å². The number of nitrogens with zero attached hydrogens (tertiary/aromatic N) is 2. The van der Waals surface area contributed by atoms with Crippen LogP contribution in [0, 0.1) is 20.8 Å². The molecule has 2 aromatic carbocycles. The summed E-state index contributed by atoms with van der Waals surface area (Å²) in [5.74, 6) is -0.688. The van der Waals surface area contributed by atoms with E-state index in [1.165, 1.54) is 4.90 Å². The standard InChI is InChI=1S/C26H37N3O4S/c1-8-24(26(31)27-18(2)3)28(16-22-11-9-10-19(4)14-22)25(30)17-29(34(7,32)33)23-13-12-20(5)21(6)15-23/h9-15,18,24H,8,16-17H2,1-7H3,(H,27,31). The summed E-state index contributed by atoms with van der Waals surface area (Å²) in [6.45, 7) is 11.2. The smallest absolute Gasteiger partial charge is 0.244 e. The Bertz CT molecular complexity index is 1130. The number of amides is 2. The molecule has 1 atom stereocenters. The van der Waals surface area contributed by atoms with Crippen LogP contribution < -0.4 is 9.62 Å². The molecule has 0 spiro atoms. The van der Waals surface area contributed by atoms with Crippen molar-refractivity contribution in [2.75, 3.05) is 17.1 Å². The number of carbonyl (C=O) groups excluding carboxylic acids is 2. The highest BCUT2D eigenvalue weighted by atomic mass is 32.2. The van der Waals surface area contributed by atoms with Gasteiger partial charge in [-0.05, 0) is 69.9 Å². The zero-order chi connectivity index (χ0) is 25.6. The second kappa shape index (κ2) is 11.5. The van der Waals surface area contributed by atoms with Crippen LogP contribution in [0.25, 0.3) is 0 Å². The Morgan fingerprint density at radius 3 is 2.21 bits per heavy atom. The van der Waals surface area contributed by atoms with Crippen LogP contribution in [0.4, 0.5) is 5.69 Å². The molecule has 0 saturated carbocycles. The lowest BCUT2D eigenvalue weighted by atomic mass is 10.1. The third-order valence-corrected chi connectivity index (χ3v) is 6.85. The first-order valence-electron chi connectivity index (χ1n) is 11.5. The van der Waals surface area contributed by atoms with E-state index < -0.39 is 28.5 Å². The minimum Gasteiger partial charge on any atom is -0.352 e. The summed E-state index contributed by atoms with van der Waals surface area (Å²) in [5.41, 5.74) is 4.30. The summed E-state index contributed by atoms with van der Waals surface area (Å²) in [6.07, 6.45) is 1.49. The van der Waals surface area contributed by atoms with Crippen LogP contribution in [0.15, 0.2) is 42.5 Å². The highest BCUT2D eigenvalue weighted by molar-refractivity contribution is 7.92. The van der Waals surface area contributed by atoms with Gasteiger partial charge in [-0.15, -0.1) is 0 Å². The van der Waals surface area contributed by atoms with Crippen LogP contribution >= 0.6 is 0 Å². The average molecular weight is 488 g/mol. The number of hydrogen-bond acceptors (Lipinski definition) is 4. The number of nitrogens with one attached hydrogen (secondary N) is 1. The summed E-state index contributed by atoms with van der Waals surface area (Å²) < 4.78 is 26.5. The monoisotopic (exact) mass is 487 g/mol. The largest absolute Gasteiger partial charge is 0.352 e. The molecule has 0 heterocycles. The predicted octanol–water partition coefficient (Wildman–Crippen LogP) is 3.71. The third kappa shape index (κ3) is 7.32. The molecule has 34 heavy (non-hydrogen) atoms. The minimum atomic E-state index is -3.74. The molecule has 0 bridgehead atoms. The van der Waals surface area contributed by atoms with Crippen LogP contribution in [0.3, 0.4) is 0 Å². The molecule has 8 heteroatoms. The second-order valence-electron chi connectivity index (χ2n) is 9.14. The molecule has 2 rings (SSSR count). The van der Waals surface area contributed by atoms with Gasteiger partial charge >= 0.3 is 0 Å². The van der Waals surface area contributed by atoms with Crippen LogP contribution in [0.1, 0.15) is 49.4 Å². The van der Waals surface area contributed by atoms with Crippen molar-refractivity contribution < 1.29 is 18.0 Å². The van der Waals surface area contributed by atoms with Crippen LogP contribution in [-0.2, 0) is 26.2 Å². The normalized spacial score (nSPS) is 12.4. The Labute approximate surface area is 204 Å². The van der Waals surface area contributed by atoms with Gasteiger partial charge in [0.2, 0.25) is 21.8 Å². The molecular formula is C26H37N3O4S. The molecule has 0 radical (unpaired) electrons. The molecule has 186 valence electrons. The van der Waals surface area contributed by atoms with Crippen LogP contribution in [0.5, 0.6) is 0 Å². The first-order valence-corrected chi connectivity index (χ1v) is 13.4. The van der Waals surface area contributed by atoms with Crippen molar-refractivity contribution in [2.24, 2.45) is 0 Å². The zero-order valence-electron chi connectivity index (χ0n) is 21.3. The Morgan fingerprint density at radius 2 is 1.68 bits per heavy atom. The lowest BCUT2D eigenvalue weighted by Crippen LogP contribution is -2.53. The molecule has 1 N–H and O–H groups in total. The van der Waals surface area contributed by atoms with Crippen molar-refractivity contribution in [3.63, 3.8) is 0 Å². The highest BCUT2D eigenvalue weighted by Gasteiger charge is 2.32. The van der Waals surface area contributed by atoms with Crippen molar-refractivity contribution in [1.82, 2.24) is 10.2 Å². The number of carbonyl (C=O) groups is 2. The van der Waals surface area contributed by atoms with Gasteiger partial charge in [-0.3, -0.25) is 13.9 Å². The fraction of sp³-hybridized carbons (Fsp3) is 0.462. The fourth-order valence-electron chi connectivity index (χ4n) is 3.80. The van der Waals surface area contributed by atoms with Gasteiger partial charge in [-0.2, -0.15) is 0 Å². The van der Waals surface area contributed by atoms with E-state index >= 15 is 0 Å². The first kappa shape index (κ1) is 27.4. The van der Waals surface area contributed by atoms with Crippen molar-refractivity contribution in [3.05, 3.63) is 64.7 Å². The minimum absolute atomic E-state index is 0.0828. The van der Waals surface area contributed by atoms with E-state index in [0.717, 1.165) is 32.8 Å². The molecule has 7 nitrogen and oxygen atoms in total. The Morgan fingerprint density at radius 1 is 1.00 bits per heavy atom. The average Bonchev–Trinajstić information content (AvgIpc) is 2.72. The topological polar surface area (TPSA) is 86.8 Å². The van der Waals surface area contributed by atoms with E-state index in [-0.39, 0.29) is 18.5 Å². The maximum absolute atomic E-state index is 13.6. The van der Waals surface area contributed by atoms with E-state index in [9.17, 15) is 18.0 Å². The maximum atomic E-state index is 13.6. The number of sulfonamides is 1. The summed E-state index contributed by atoms with van der Waals surface area (Å²) >= 11 is 0. The zero-order valence-corrected chi connectivity index (χ0v) is 22.1. The third-order valence-electron chi connectivity index (χ3n) is 5.71. The molecule has 2 amide bonds. The molecule has 1 unspecified atom stereocenters. The Hall–Kier alpha value is -2.87. The number of hydrogen-bond donors (Lipinski definition) is 1. The van der Waals surface area contributed by atoms with E-state index in [1.54, 1.807) is 12.1 Å². The Balaban J connectivity index is 2.46. The number of rotatable bonds is 10. The molecule has 0 aliphatic rings. The fourth-order valence-corrected chi connectivity index (χ4v) is 4.64. The lowest BCUT2D eigenvalue weighted by molar-refractivity contribution is -0.140. The highest BCUT2D eigenvalue weighted by Crippen LogP contribution is 2.22. The first-order chi connectivity index (χ1) is 15.8. The lowest BCUT2D eigenvalue weighted by Gasteiger charge is -2.33. The Kier molecular flexibility index (Phi) is 9.27. The summed E-state index contributed by atoms with van der Waals surface area (Å²) in [7, 11) is -3.74. The SMILES string of the molecule is CCC(C(=O)NC(C)C)N(Cc1cccc(C)c1)C(=O)CN(c1ccc(C)c(C)c1)S(C)(=O)=O. The van der Waals surface area contributed by atoms with Crippen molar-refractivity contribution in [2.45, 2.75) is 66.6 Å². The van der Waals surface area contributed by atoms with Gasteiger partial charge in [0.25, 0.3) is 0 Å². The maximum Gasteiger partial charge on any atom is 0.244 e. The summed E-state index contributed by atoms with van der Waals surface area (Å²) in [5, 5.41) is 2.89. The molecule has 0 aromatic heterocycles. The van der Waals surface area contributed by atoms with E-state index in [4.69, 9.17) is 0 Å². The number of anilines is 1. The number of benzene rings is 2. The summed E-state index contributed by atoms with van der Waals surface area (Å²) in [6, 6.07) is 12.2. The van der Waals surface area contributed by atoms with Gasteiger partial charge < -0.3 is 10.2 Å². The molecule has 2 aromatic rings. The molecular weight excluding hydrogens is 450 g/mol. The predicted molar refractivity (Wildman–Crippen MR) is 137 cm³/mol. The van der Waals surface area contributed by atoms with Gasteiger partial charge in [-0.25, -0.2) is 8.42 Å². The number of aryl methyl sites for hydroxylation is 3. The molecule has 0 aliphatic carbocycles. The van der Waals surface area contributed by atoms with Gasteiger partial charge in [0.1, 0.15) is 12.6 Å². The molecule has 0 saturated heterocycles. The van der Waals surface area contributed by atoms with Gasteiger partial charge in [0, 0.05) is 12.6 Å². The van der Waals surface area contributed by atoms with Gasteiger partial charge in [0.05, 0.1) is 11.9 Å². The quantitative estimate of drug-likeness (QED) is 0.554. The van der Waals surface area contributed by atoms with Crippen molar-refractivity contribution in [1.29, 1.82) is 0 Å². The van der Waals surface area contributed by atoms with Crippen LogP contribution in [0.2, 0.25) is 0 Å². The van der Waals surface area contributed by atoms with Crippen molar-refractivity contribution >= 4 is 27.5 Å². The van der Waals surface area contributed by atoms with E-state index in [0.29, 0.717) is 12.1 Å². The summed E-state index contributed by atoms with van der Waals surface area (Å²) in [4.78, 5) is 28.1. The van der Waals surface area contributed by atoms with Gasteiger partial charge in [-0.1, -0.05) is 42.8 Å². The molecule has 0 aliphatic heterocycles. The van der Waals surface area contributed by atoms with Crippen LogP contribution in [-0.4, -0.2) is 50.0 Å².